The van der Waals surface area contributed by atoms with Crippen LogP contribution in [0.5, 0.6) is 0 Å². The molecule has 0 aromatic heterocycles. The third kappa shape index (κ3) is 6.59. The topological polar surface area (TPSA) is 75.6 Å². The van der Waals surface area contributed by atoms with Gasteiger partial charge in [-0.25, -0.2) is 0 Å². The van der Waals surface area contributed by atoms with Crippen molar-refractivity contribution in [3.05, 3.63) is 0 Å². The predicted octanol–water partition coefficient (Wildman–Crippen LogP) is 1.10. The Morgan fingerprint density at radius 3 is 2.44 bits per heavy atom. The van der Waals surface area contributed by atoms with Crippen molar-refractivity contribution in [3.8, 4) is 0 Å². The number of rotatable bonds is 9. The van der Waals surface area contributed by atoms with Gasteiger partial charge in [0.2, 0.25) is 5.91 Å². The van der Waals surface area contributed by atoms with Crippen molar-refractivity contribution >= 4 is 11.9 Å². The lowest BCUT2D eigenvalue weighted by Gasteiger charge is -2.16. The Balaban J connectivity index is 4.06. The molecule has 5 heteroatoms. The van der Waals surface area contributed by atoms with Gasteiger partial charge in [0, 0.05) is 12.5 Å². The molecule has 1 amide bonds. The molecular formula is C13H25NO4. The van der Waals surface area contributed by atoms with Crippen LogP contribution in [0.15, 0.2) is 0 Å². The fourth-order valence-electron chi connectivity index (χ4n) is 1.68. The molecule has 0 aliphatic heterocycles. The van der Waals surface area contributed by atoms with E-state index in [1.807, 2.05) is 20.8 Å². The molecule has 2 atom stereocenters. The average molecular weight is 259 g/mol. The Kier molecular flexibility index (Phi) is 9.28. The van der Waals surface area contributed by atoms with Gasteiger partial charge in [0.15, 0.2) is 0 Å². The molecule has 0 aromatic carbocycles. The van der Waals surface area contributed by atoms with Crippen molar-refractivity contribution < 1.29 is 19.4 Å². The first-order chi connectivity index (χ1) is 8.56. The third-order valence-electron chi connectivity index (χ3n) is 2.91. The molecule has 2 N–H and O–H groups in total. The number of aliphatic hydroxyl groups excluding tert-OH is 1. The molecule has 0 saturated carbocycles. The standard InChI is InChI=1S/C13H25NO4/c1-4-11(13(17)18-9-8-15)7-6-10(3)12(16)14-5-2/h10-11,15H,4-9H2,1-3H3,(H,14,16). The molecule has 0 saturated heterocycles. The Hall–Kier alpha value is -1.10. The Bertz CT molecular complexity index is 255. The number of esters is 1. The highest BCUT2D eigenvalue weighted by Crippen LogP contribution is 2.17. The maximum Gasteiger partial charge on any atom is 0.308 e. The minimum absolute atomic E-state index is 0.0241. The van der Waals surface area contributed by atoms with Gasteiger partial charge in [-0.15, -0.1) is 0 Å². The molecule has 0 aliphatic carbocycles. The summed E-state index contributed by atoms with van der Waals surface area (Å²) >= 11 is 0. The highest BCUT2D eigenvalue weighted by molar-refractivity contribution is 5.78. The number of hydrogen-bond donors (Lipinski definition) is 2. The van der Waals surface area contributed by atoms with Crippen LogP contribution < -0.4 is 5.32 Å². The van der Waals surface area contributed by atoms with Crippen LogP contribution in [0.25, 0.3) is 0 Å². The second-order valence-corrected chi connectivity index (χ2v) is 4.37. The normalized spacial score (nSPS) is 13.8. The molecule has 2 unspecified atom stereocenters. The van der Waals surface area contributed by atoms with Crippen LogP contribution in [-0.4, -0.2) is 36.7 Å². The van der Waals surface area contributed by atoms with Gasteiger partial charge < -0.3 is 15.2 Å². The summed E-state index contributed by atoms with van der Waals surface area (Å²) in [5.41, 5.74) is 0. The third-order valence-corrected chi connectivity index (χ3v) is 2.91. The molecule has 106 valence electrons. The van der Waals surface area contributed by atoms with E-state index >= 15 is 0 Å². The summed E-state index contributed by atoms with van der Waals surface area (Å²) in [7, 11) is 0. The monoisotopic (exact) mass is 259 g/mol. The van der Waals surface area contributed by atoms with E-state index in [-0.39, 0.29) is 36.9 Å². The number of carbonyl (C=O) groups excluding carboxylic acids is 2. The van der Waals surface area contributed by atoms with Crippen molar-refractivity contribution in [3.63, 3.8) is 0 Å². The summed E-state index contributed by atoms with van der Waals surface area (Å²) in [6, 6.07) is 0. The van der Waals surface area contributed by atoms with E-state index in [2.05, 4.69) is 5.32 Å². The zero-order valence-corrected chi connectivity index (χ0v) is 11.6. The number of amides is 1. The first-order valence-corrected chi connectivity index (χ1v) is 6.61. The Labute approximate surface area is 109 Å². The van der Waals surface area contributed by atoms with Crippen LogP contribution in [0.1, 0.15) is 40.0 Å². The molecule has 0 aliphatic rings. The molecule has 0 aromatic rings. The fraction of sp³-hybridized carbons (Fsp3) is 0.846. The van der Waals surface area contributed by atoms with Gasteiger partial charge in [-0.3, -0.25) is 9.59 Å². The van der Waals surface area contributed by atoms with Crippen molar-refractivity contribution in [2.45, 2.75) is 40.0 Å². The maximum absolute atomic E-state index is 11.6. The predicted molar refractivity (Wildman–Crippen MR) is 68.9 cm³/mol. The van der Waals surface area contributed by atoms with Crippen LogP contribution in [0, 0.1) is 11.8 Å². The fourth-order valence-corrected chi connectivity index (χ4v) is 1.68. The SMILES string of the molecule is CCNC(=O)C(C)CCC(CC)C(=O)OCCO. The van der Waals surface area contributed by atoms with Gasteiger partial charge in [0.25, 0.3) is 0 Å². The number of nitrogens with one attached hydrogen (secondary N) is 1. The smallest absolute Gasteiger partial charge is 0.308 e. The van der Waals surface area contributed by atoms with E-state index in [4.69, 9.17) is 9.84 Å². The Morgan fingerprint density at radius 1 is 1.28 bits per heavy atom. The van der Waals surface area contributed by atoms with Crippen LogP contribution in [0.4, 0.5) is 0 Å². The average Bonchev–Trinajstić information content (AvgIpc) is 2.36. The minimum Gasteiger partial charge on any atom is -0.463 e. The minimum atomic E-state index is -0.283. The lowest BCUT2D eigenvalue weighted by Crippen LogP contribution is -2.29. The highest BCUT2D eigenvalue weighted by atomic mass is 16.5. The number of carbonyl (C=O) groups is 2. The zero-order chi connectivity index (χ0) is 14.0. The molecule has 0 spiro atoms. The molecule has 5 nitrogen and oxygen atoms in total. The first kappa shape index (κ1) is 16.9. The molecule has 0 radical (unpaired) electrons. The van der Waals surface area contributed by atoms with E-state index in [1.165, 1.54) is 0 Å². The van der Waals surface area contributed by atoms with Crippen LogP contribution >= 0.6 is 0 Å². The van der Waals surface area contributed by atoms with Gasteiger partial charge in [-0.2, -0.15) is 0 Å². The zero-order valence-electron chi connectivity index (χ0n) is 11.6. The van der Waals surface area contributed by atoms with Crippen LogP contribution in [0.2, 0.25) is 0 Å². The van der Waals surface area contributed by atoms with E-state index in [0.717, 1.165) is 0 Å². The van der Waals surface area contributed by atoms with Crippen molar-refractivity contribution in [1.29, 1.82) is 0 Å². The van der Waals surface area contributed by atoms with E-state index in [1.54, 1.807) is 0 Å². The van der Waals surface area contributed by atoms with Crippen LogP contribution in [-0.2, 0) is 14.3 Å². The van der Waals surface area contributed by atoms with Gasteiger partial charge >= 0.3 is 5.97 Å². The largest absolute Gasteiger partial charge is 0.463 e. The summed E-state index contributed by atoms with van der Waals surface area (Å²) in [4.78, 5) is 23.1. The summed E-state index contributed by atoms with van der Waals surface area (Å²) in [6.45, 7) is 6.17. The molecule has 0 bridgehead atoms. The molecule has 0 fully saturated rings. The summed E-state index contributed by atoms with van der Waals surface area (Å²) < 4.78 is 4.89. The highest BCUT2D eigenvalue weighted by Gasteiger charge is 2.20. The number of ether oxygens (including phenoxy) is 1. The second-order valence-electron chi connectivity index (χ2n) is 4.37. The van der Waals surface area contributed by atoms with E-state index < -0.39 is 0 Å². The van der Waals surface area contributed by atoms with E-state index in [9.17, 15) is 9.59 Å². The summed E-state index contributed by atoms with van der Waals surface area (Å²) in [5, 5.41) is 11.4. The lowest BCUT2D eigenvalue weighted by atomic mass is 9.94. The van der Waals surface area contributed by atoms with Gasteiger partial charge in [0.1, 0.15) is 6.61 Å². The molecule has 0 heterocycles. The van der Waals surface area contributed by atoms with Crippen molar-refractivity contribution in [1.82, 2.24) is 5.32 Å². The maximum atomic E-state index is 11.6. The number of aliphatic hydroxyl groups is 1. The number of hydrogen-bond acceptors (Lipinski definition) is 4. The van der Waals surface area contributed by atoms with Gasteiger partial charge in [0.05, 0.1) is 12.5 Å². The van der Waals surface area contributed by atoms with Crippen molar-refractivity contribution in [2.24, 2.45) is 11.8 Å². The molecular weight excluding hydrogens is 234 g/mol. The lowest BCUT2D eigenvalue weighted by molar-refractivity contribution is -0.150. The second kappa shape index (κ2) is 9.88. The molecule has 18 heavy (non-hydrogen) atoms. The van der Waals surface area contributed by atoms with Crippen molar-refractivity contribution in [2.75, 3.05) is 19.8 Å². The van der Waals surface area contributed by atoms with Gasteiger partial charge in [-0.05, 0) is 26.2 Å². The van der Waals surface area contributed by atoms with E-state index in [0.29, 0.717) is 25.8 Å². The van der Waals surface area contributed by atoms with Crippen LogP contribution in [0.3, 0.4) is 0 Å². The quantitative estimate of drug-likeness (QED) is 0.608. The summed E-state index contributed by atoms with van der Waals surface area (Å²) in [6.07, 6.45) is 1.99. The van der Waals surface area contributed by atoms with Gasteiger partial charge in [-0.1, -0.05) is 13.8 Å². The first-order valence-electron chi connectivity index (χ1n) is 6.61. The summed E-state index contributed by atoms with van der Waals surface area (Å²) in [5.74, 6) is -0.538. The Morgan fingerprint density at radius 2 is 1.94 bits per heavy atom. The molecule has 0 rings (SSSR count).